The van der Waals surface area contributed by atoms with Crippen LogP contribution in [0.3, 0.4) is 0 Å². The van der Waals surface area contributed by atoms with E-state index in [-0.39, 0.29) is 12.3 Å². The van der Waals surface area contributed by atoms with Crippen LogP contribution in [-0.2, 0) is 16.0 Å². The molecule has 21 heavy (non-hydrogen) atoms. The van der Waals surface area contributed by atoms with Gasteiger partial charge in [-0.15, -0.1) is 0 Å². The Hall–Kier alpha value is -2.82. The fourth-order valence-electron chi connectivity index (χ4n) is 1.97. The van der Waals surface area contributed by atoms with E-state index in [0.717, 1.165) is 5.56 Å². The van der Waals surface area contributed by atoms with Gasteiger partial charge in [0.05, 0.1) is 6.42 Å². The molecule has 0 bridgehead atoms. The van der Waals surface area contributed by atoms with Crippen molar-refractivity contribution < 1.29 is 14.7 Å². The highest BCUT2D eigenvalue weighted by molar-refractivity contribution is 5.85. The van der Waals surface area contributed by atoms with Crippen molar-refractivity contribution in [3.8, 4) is 0 Å². The Morgan fingerprint density at radius 3 is 2.24 bits per heavy atom. The van der Waals surface area contributed by atoms with Gasteiger partial charge in [0, 0.05) is 5.69 Å². The maximum atomic E-state index is 12.0. The number of carbonyl (C=O) groups is 2. The van der Waals surface area contributed by atoms with Crippen molar-refractivity contribution in [3.05, 3.63) is 65.7 Å². The van der Waals surface area contributed by atoms with Crippen molar-refractivity contribution in [2.24, 2.45) is 0 Å². The minimum absolute atomic E-state index is 0.108. The molecule has 2 aromatic rings. The number of nitrogens with one attached hydrogen (secondary N) is 1. The van der Waals surface area contributed by atoms with E-state index in [2.05, 4.69) is 5.32 Å². The molecule has 0 aliphatic carbocycles. The lowest BCUT2D eigenvalue weighted by atomic mass is 10.1. The smallest absolute Gasteiger partial charge is 0.330 e. The number of rotatable bonds is 5. The molecule has 0 saturated carbocycles. The molecule has 2 rings (SSSR count). The molecule has 0 radical (unpaired) electrons. The largest absolute Gasteiger partial charge is 0.479 e. The minimum atomic E-state index is -1.09. The normalized spacial score (nSPS) is 11.6. The van der Waals surface area contributed by atoms with E-state index in [1.54, 1.807) is 54.6 Å². The van der Waals surface area contributed by atoms with Crippen molar-refractivity contribution in [2.45, 2.75) is 12.5 Å². The topological polar surface area (TPSA) is 92.4 Å². The fraction of sp³-hybridized carbons (Fsp3) is 0.125. The Kier molecular flexibility index (Phi) is 4.56. The number of benzene rings is 2. The molecule has 0 fully saturated rings. The average Bonchev–Trinajstić information content (AvgIpc) is 2.48. The number of aliphatic carboxylic acids is 1. The second kappa shape index (κ2) is 6.56. The number of hydrogen-bond donors (Lipinski definition) is 3. The van der Waals surface area contributed by atoms with Crippen LogP contribution in [0.25, 0.3) is 0 Å². The Morgan fingerprint density at radius 2 is 1.67 bits per heavy atom. The molecular weight excluding hydrogens is 268 g/mol. The van der Waals surface area contributed by atoms with Crippen LogP contribution < -0.4 is 11.1 Å². The summed E-state index contributed by atoms with van der Waals surface area (Å²) in [4.78, 5) is 23.3. The Balaban J connectivity index is 2.05. The summed E-state index contributed by atoms with van der Waals surface area (Å²) in [5.41, 5.74) is 7.51. The van der Waals surface area contributed by atoms with Crippen LogP contribution in [-0.4, -0.2) is 17.0 Å². The molecule has 0 aromatic heterocycles. The average molecular weight is 284 g/mol. The summed E-state index contributed by atoms with van der Waals surface area (Å²) >= 11 is 0. The van der Waals surface area contributed by atoms with Crippen LogP contribution in [0, 0.1) is 0 Å². The zero-order chi connectivity index (χ0) is 15.2. The molecule has 4 N–H and O–H groups in total. The third-order valence-corrected chi connectivity index (χ3v) is 3.03. The van der Waals surface area contributed by atoms with E-state index in [0.29, 0.717) is 11.3 Å². The van der Waals surface area contributed by atoms with Gasteiger partial charge >= 0.3 is 5.97 Å². The zero-order valence-electron chi connectivity index (χ0n) is 11.3. The van der Waals surface area contributed by atoms with E-state index in [9.17, 15) is 14.7 Å². The van der Waals surface area contributed by atoms with Crippen LogP contribution in [0.2, 0.25) is 0 Å². The molecule has 0 aliphatic rings. The highest BCUT2D eigenvalue weighted by Gasteiger charge is 2.21. The van der Waals surface area contributed by atoms with Gasteiger partial charge in [0.15, 0.2) is 6.04 Å². The molecule has 0 heterocycles. The lowest BCUT2D eigenvalue weighted by Crippen LogP contribution is -2.34. The lowest BCUT2D eigenvalue weighted by Gasteiger charge is -2.15. The summed E-state index contributed by atoms with van der Waals surface area (Å²) in [7, 11) is 0. The van der Waals surface area contributed by atoms with Gasteiger partial charge in [-0.1, -0.05) is 42.5 Å². The molecule has 5 heteroatoms. The van der Waals surface area contributed by atoms with Gasteiger partial charge in [-0.05, 0) is 23.3 Å². The third kappa shape index (κ3) is 4.07. The van der Waals surface area contributed by atoms with Gasteiger partial charge in [-0.25, -0.2) is 4.79 Å². The van der Waals surface area contributed by atoms with Crippen molar-refractivity contribution in [1.29, 1.82) is 0 Å². The molecule has 0 aliphatic heterocycles. The molecule has 5 nitrogen and oxygen atoms in total. The number of anilines is 1. The van der Waals surface area contributed by atoms with Crippen LogP contribution in [0.1, 0.15) is 17.2 Å². The zero-order valence-corrected chi connectivity index (χ0v) is 11.3. The van der Waals surface area contributed by atoms with Gasteiger partial charge < -0.3 is 16.2 Å². The summed E-state index contributed by atoms with van der Waals surface area (Å²) in [5, 5.41) is 11.8. The molecule has 0 spiro atoms. The van der Waals surface area contributed by atoms with Crippen molar-refractivity contribution in [1.82, 2.24) is 5.32 Å². The SMILES string of the molecule is Nc1ccc(CC(=O)NC(C(=O)O)c2ccccc2)cc1. The predicted molar refractivity (Wildman–Crippen MR) is 79.5 cm³/mol. The summed E-state index contributed by atoms with van der Waals surface area (Å²) in [6.45, 7) is 0. The fourth-order valence-corrected chi connectivity index (χ4v) is 1.97. The van der Waals surface area contributed by atoms with E-state index < -0.39 is 12.0 Å². The van der Waals surface area contributed by atoms with Crippen LogP contribution in [0.4, 0.5) is 5.69 Å². The first-order valence-corrected chi connectivity index (χ1v) is 6.48. The Bertz CT molecular complexity index is 624. The van der Waals surface area contributed by atoms with Crippen molar-refractivity contribution >= 4 is 17.6 Å². The molecular formula is C16H16N2O3. The van der Waals surface area contributed by atoms with Gasteiger partial charge in [0.1, 0.15) is 0 Å². The quantitative estimate of drug-likeness (QED) is 0.729. The summed E-state index contributed by atoms with van der Waals surface area (Å²) in [6, 6.07) is 14.4. The van der Waals surface area contributed by atoms with Crippen LogP contribution in [0.15, 0.2) is 54.6 Å². The maximum absolute atomic E-state index is 12.0. The van der Waals surface area contributed by atoms with Gasteiger partial charge in [0.2, 0.25) is 5.91 Å². The van der Waals surface area contributed by atoms with Crippen molar-refractivity contribution in [3.63, 3.8) is 0 Å². The number of carboxylic acids is 1. The number of hydrogen-bond acceptors (Lipinski definition) is 3. The van der Waals surface area contributed by atoms with E-state index in [4.69, 9.17) is 5.73 Å². The molecule has 2 aromatic carbocycles. The number of amides is 1. The minimum Gasteiger partial charge on any atom is -0.479 e. The summed E-state index contributed by atoms with van der Waals surface area (Å²) < 4.78 is 0. The molecule has 1 unspecified atom stereocenters. The van der Waals surface area contributed by atoms with E-state index >= 15 is 0 Å². The first kappa shape index (κ1) is 14.6. The van der Waals surface area contributed by atoms with E-state index in [1.807, 2.05) is 0 Å². The van der Waals surface area contributed by atoms with Crippen LogP contribution in [0.5, 0.6) is 0 Å². The van der Waals surface area contributed by atoms with Gasteiger partial charge in [-0.2, -0.15) is 0 Å². The predicted octanol–water partition coefficient (Wildman–Crippen LogP) is 1.75. The lowest BCUT2D eigenvalue weighted by molar-refractivity contribution is -0.141. The second-order valence-electron chi connectivity index (χ2n) is 4.67. The number of nitrogen functional groups attached to an aromatic ring is 1. The first-order valence-electron chi connectivity index (χ1n) is 6.48. The molecule has 108 valence electrons. The maximum Gasteiger partial charge on any atom is 0.330 e. The van der Waals surface area contributed by atoms with Crippen LogP contribution >= 0.6 is 0 Å². The summed E-state index contributed by atoms with van der Waals surface area (Å²) in [5.74, 6) is -1.44. The van der Waals surface area contributed by atoms with Gasteiger partial charge in [0.25, 0.3) is 0 Å². The molecule has 0 saturated heterocycles. The highest BCUT2D eigenvalue weighted by atomic mass is 16.4. The number of carboxylic acid groups (broad SMARTS) is 1. The molecule has 1 amide bonds. The molecule has 1 atom stereocenters. The van der Waals surface area contributed by atoms with Gasteiger partial charge in [-0.3, -0.25) is 4.79 Å². The highest BCUT2D eigenvalue weighted by Crippen LogP contribution is 2.13. The Labute approximate surface area is 122 Å². The first-order chi connectivity index (χ1) is 10.1. The third-order valence-electron chi connectivity index (χ3n) is 3.03. The summed E-state index contributed by atoms with van der Waals surface area (Å²) in [6.07, 6.45) is 0.108. The number of nitrogens with two attached hydrogens (primary N) is 1. The number of carbonyl (C=O) groups excluding carboxylic acids is 1. The van der Waals surface area contributed by atoms with Crippen molar-refractivity contribution in [2.75, 3.05) is 5.73 Å². The monoisotopic (exact) mass is 284 g/mol. The second-order valence-corrected chi connectivity index (χ2v) is 4.67. The van der Waals surface area contributed by atoms with E-state index in [1.165, 1.54) is 0 Å². The standard InChI is InChI=1S/C16H16N2O3/c17-13-8-6-11(7-9-13)10-14(19)18-15(16(20)21)12-4-2-1-3-5-12/h1-9,15H,10,17H2,(H,18,19)(H,20,21). The Morgan fingerprint density at radius 1 is 1.05 bits per heavy atom.